The Bertz CT molecular complexity index is 230. The van der Waals surface area contributed by atoms with E-state index in [1.165, 1.54) is 11.1 Å². The lowest BCUT2D eigenvalue weighted by molar-refractivity contribution is 0.722. The van der Waals surface area contributed by atoms with E-state index >= 15 is 0 Å². The maximum atomic E-state index is 3.90. The Hall–Kier alpha value is -0.820. The molecule has 0 unspecified atom stereocenters. The lowest BCUT2D eigenvalue weighted by atomic mass is 10.1. The summed E-state index contributed by atoms with van der Waals surface area (Å²) >= 11 is 0. The van der Waals surface area contributed by atoms with Gasteiger partial charge in [0.05, 0.1) is 0 Å². The van der Waals surface area contributed by atoms with Crippen LogP contribution in [0.25, 0.3) is 0 Å². The number of hydrogen-bond donors (Lipinski definition) is 1. The molecule has 0 aliphatic carbocycles. The van der Waals surface area contributed by atoms with Crippen molar-refractivity contribution < 1.29 is 0 Å². The van der Waals surface area contributed by atoms with Crippen molar-refractivity contribution in [3.05, 3.63) is 42.3 Å². The van der Waals surface area contributed by atoms with Gasteiger partial charge in [0.2, 0.25) is 0 Å². The van der Waals surface area contributed by atoms with Gasteiger partial charge in [-0.2, -0.15) is 0 Å². The number of nitrogens with one attached hydrogen (secondary N) is 1. The molecule has 0 spiro atoms. The van der Waals surface area contributed by atoms with Crippen LogP contribution in [0.15, 0.2) is 24.3 Å². The van der Waals surface area contributed by atoms with E-state index in [0.29, 0.717) is 0 Å². The maximum Gasteiger partial charge on any atom is 0.0208 e. The van der Waals surface area contributed by atoms with E-state index in [4.69, 9.17) is 0 Å². The third kappa shape index (κ3) is 2.35. The van der Waals surface area contributed by atoms with Crippen LogP contribution in [0.1, 0.15) is 18.1 Å². The van der Waals surface area contributed by atoms with Crippen molar-refractivity contribution >= 4 is 0 Å². The predicted octanol–water partition coefficient (Wildman–Crippen LogP) is 2.17. The van der Waals surface area contributed by atoms with Gasteiger partial charge >= 0.3 is 0 Å². The monoisotopic (exact) mass is 162 g/mol. The third-order valence-electron chi connectivity index (χ3n) is 1.95. The van der Waals surface area contributed by atoms with Crippen molar-refractivity contribution in [3.63, 3.8) is 0 Å². The van der Waals surface area contributed by atoms with Crippen LogP contribution in [0.5, 0.6) is 0 Å². The van der Waals surface area contributed by atoms with Crippen molar-refractivity contribution in [1.82, 2.24) is 5.32 Å². The first-order valence-corrected chi connectivity index (χ1v) is 4.45. The van der Waals surface area contributed by atoms with Crippen LogP contribution in [-0.4, -0.2) is 6.54 Å². The fourth-order valence-corrected chi connectivity index (χ4v) is 1.23. The summed E-state index contributed by atoms with van der Waals surface area (Å²) < 4.78 is 0. The normalized spacial score (nSPS) is 10.2. The Balaban J connectivity index is 2.68. The van der Waals surface area contributed by atoms with Gasteiger partial charge in [0.1, 0.15) is 0 Å². The molecule has 0 saturated heterocycles. The highest BCUT2D eigenvalue weighted by Gasteiger charge is 1.96. The van der Waals surface area contributed by atoms with Crippen LogP contribution in [0.4, 0.5) is 0 Å². The minimum atomic E-state index is 0.877. The first-order valence-electron chi connectivity index (χ1n) is 4.45. The summed E-state index contributed by atoms with van der Waals surface area (Å²) in [6.45, 7) is 7.99. The van der Waals surface area contributed by atoms with Crippen LogP contribution >= 0.6 is 0 Å². The summed E-state index contributed by atoms with van der Waals surface area (Å²) in [7, 11) is 0. The predicted molar refractivity (Wildman–Crippen MR) is 52.9 cm³/mol. The highest BCUT2D eigenvalue weighted by molar-refractivity contribution is 5.27. The van der Waals surface area contributed by atoms with Crippen LogP contribution in [-0.2, 0) is 13.0 Å². The second-order valence-corrected chi connectivity index (χ2v) is 2.80. The number of benzene rings is 1. The second-order valence-electron chi connectivity index (χ2n) is 2.80. The fraction of sp³-hybridized carbons (Fsp3) is 0.364. The molecule has 12 heavy (non-hydrogen) atoms. The minimum Gasteiger partial charge on any atom is -0.313 e. The molecule has 0 atom stereocenters. The molecule has 65 valence electrons. The maximum absolute atomic E-state index is 3.90. The van der Waals surface area contributed by atoms with Crippen LogP contribution in [0.2, 0.25) is 0 Å². The van der Waals surface area contributed by atoms with Gasteiger partial charge in [-0.1, -0.05) is 31.2 Å². The summed E-state index contributed by atoms with van der Waals surface area (Å²) in [4.78, 5) is 0. The summed E-state index contributed by atoms with van der Waals surface area (Å²) in [6, 6.07) is 8.44. The van der Waals surface area contributed by atoms with E-state index in [-0.39, 0.29) is 0 Å². The standard InChI is InChI=1S/C11H16N/c1-3-10-7-5-6-8-11(10)9-12-4-2/h5-8,12H,1,3-4,9H2,2H3. The molecule has 0 aromatic heterocycles. The Labute approximate surface area is 74.8 Å². The molecular formula is C11H16N. The molecule has 1 N–H and O–H groups in total. The van der Waals surface area contributed by atoms with Crippen molar-refractivity contribution in [1.29, 1.82) is 0 Å². The van der Waals surface area contributed by atoms with Gasteiger partial charge < -0.3 is 5.32 Å². The molecule has 0 fully saturated rings. The highest BCUT2D eigenvalue weighted by Crippen LogP contribution is 2.08. The topological polar surface area (TPSA) is 12.0 Å². The SMILES string of the molecule is [CH2]Cc1ccccc1CNCC. The van der Waals surface area contributed by atoms with Crippen molar-refractivity contribution in [3.8, 4) is 0 Å². The quantitative estimate of drug-likeness (QED) is 0.715. The average molecular weight is 162 g/mol. The van der Waals surface area contributed by atoms with Crippen LogP contribution in [0.3, 0.4) is 0 Å². The molecule has 0 amide bonds. The van der Waals surface area contributed by atoms with Crippen molar-refractivity contribution in [2.45, 2.75) is 19.9 Å². The van der Waals surface area contributed by atoms with E-state index < -0.39 is 0 Å². The molecule has 1 rings (SSSR count). The summed E-state index contributed by atoms with van der Waals surface area (Å²) in [6.07, 6.45) is 0.877. The molecule has 1 radical (unpaired) electrons. The molecule has 1 heteroatoms. The van der Waals surface area contributed by atoms with Gasteiger partial charge in [0.25, 0.3) is 0 Å². The average Bonchev–Trinajstić information content (AvgIpc) is 2.15. The Morgan fingerprint density at radius 3 is 2.50 bits per heavy atom. The number of hydrogen-bond acceptors (Lipinski definition) is 1. The summed E-state index contributed by atoms with van der Waals surface area (Å²) in [5, 5.41) is 3.31. The first-order chi connectivity index (χ1) is 5.88. The van der Waals surface area contributed by atoms with Crippen LogP contribution in [0, 0.1) is 6.92 Å². The zero-order valence-electron chi connectivity index (χ0n) is 7.64. The Morgan fingerprint density at radius 2 is 1.92 bits per heavy atom. The highest BCUT2D eigenvalue weighted by atomic mass is 14.8. The lowest BCUT2D eigenvalue weighted by Crippen LogP contribution is -2.12. The van der Waals surface area contributed by atoms with E-state index in [1.54, 1.807) is 0 Å². The summed E-state index contributed by atoms with van der Waals surface area (Å²) in [5.74, 6) is 0. The molecular weight excluding hydrogens is 146 g/mol. The largest absolute Gasteiger partial charge is 0.313 e. The first kappa shape index (κ1) is 9.27. The van der Waals surface area contributed by atoms with E-state index in [9.17, 15) is 0 Å². The zero-order chi connectivity index (χ0) is 8.81. The Morgan fingerprint density at radius 1 is 1.25 bits per heavy atom. The zero-order valence-corrected chi connectivity index (χ0v) is 7.64. The lowest BCUT2D eigenvalue weighted by Gasteiger charge is -2.06. The molecule has 1 aromatic carbocycles. The molecule has 1 aromatic rings. The van der Waals surface area contributed by atoms with E-state index in [0.717, 1.165) is 19.5 Å². The molecule has 1 nitrogen and oxygen atoms in total. The van der Waals surface area contributed by atoms with Gasteiger partial charge in [-0.15, -0.1) is 0 Å². The second kappa shape index (κ2) is 4.94. The van der Waals surface area contributed by atoms with Crippen molar-refractivity contribution in [2.24, 2.45) is 0 Å². The molecule has 0 aliphatic heterocycles. The van der Waals surface area contributed by atoms with Gasteiger partial charge in [-0.05, 0) is 31.0 Å². The number of rotatable bonds is 4. The van der Waals surface area contributed by atoms with E-state index in [2.05, 4.69) is 43.4 Å². The molecule has 0 heterocycles. The third-order valence-corrected chi connectivity index (χ3v) is 1.95. The summed E-state index contributed by atoms with van der Waals surface area (Å²) in [5.41, 5.74) is 2.72. The molecule has 0 saturated carbocycles. The minimum absolute atomic E-state index is 0.877. The fourth-order valence-electron chi connectivity index (χ4n) is 1.23. The molecule has 0 aliphatic rings. The van der Waals surface area contributed by atoms with E-state index in [1.807, 2.05) is 0 Å². The van der Waals surface area contributed by atoms with Crippen LogP contribution < -0.4 is 5.32 Å². The Kier molecular flexibility index (Phi) is 3.81. The van der Waals surface area contributed by atoms with Gasteiger partial charge in [0, 0.05) is 6.54 Å². The van der Waals surface area contributed by atoms with Gasteiger partial charge in [-0.25, -0.2) is 0 Å². The van der Waals surface area contributed by atoms with Gasteiger partial charge in [-0.3, -0.25) is 0 Å². The molecule has 0 bridgehead atoms. The smallest absolute Gasteiger partial charge is 0.0208 e. The van der Waals surface area contributed by atoms with Crippen molar-refractivity contribution in [2.75, 3.05) is 6.54 Å². The van der Waals surface area contributed by atoms with Gasteiger partial charge in [0.15, 0.2) is 0 Å².